The third kappa shape index (κ3) is 5.93. The molecule has 6 nitrogen and oxygen atoms in total. The summed E-state index contributed by atoms with van der Waals surface area (Å²) < 4.78 is 0.567. The zero-order chi connectivity index (χ0) is 19.2. The highest BCUT2D eigenvalue weighted by molar-refractivity contribution is 8.01. The van der Waals surface area contributed by atoms with Crippen LogP contribution in [0.25, 0.3) is 0 Å². The molecule has 0 unspecified atom stereocenters. The van der Waals surface area contributed by atoms with Crippen LogP contribution in [-0.4, -0.2) is 27.8 Å². The molecule has 0 aliphatic heterocycles. The van der Waals surface area contributed by atoms with Crippen LogP contribution in [0.5, 0.6) is 0 Å². The van der Waals surface area contributed by atoms with Gasteiger partial charge in [0.2, 0.25) is 11.0 Å². The van der Waals surface area contributed by atoms with Gasteiger partial charge in [-0.15, -0.1) is 10.2 Å². The lowest BCUT2D eigenvalue weighted by molar-refractivity contribution is -0.113. The lowest BCUT2D eigenvalue weighted by atomic mass is 10.2. The summed E-state index contributed by atoms with van der Waals surface area (Å²) in [6.45, 7) is 0. The summed E-state index contributed by atoms with van der Waals surface area (Å²) in [6.07, 6.45) is 0. The van der Waals surface area contributed by atoms with Gasteiger partial charge in [-0.1, -0.05) is 58.4 Å². The molecule has 2 N–H and O–H groups in total. The average Bonchev–Trinajstić information content (AvgIpc) is 3.07. The fourth-order valence-electron chi connectivity index (χ4n) is 2.01. The number of benzene rings is 2. The number of carbonyl (C=O) groups is 2. The Morgan fingerprint density at radius 1 is 1.00 bits per heavy atom. The Bertz CT molecular complexity index is 981. The number of aromatic nitrogens is 2. The zero-order valence-corrected chi connectivity index (χ0v) is 16.8. The van der Waals surface area contributed by atoms with Crippen molar-refractivity contribution in [3.63, 3.8) is 0 Å². The molecule has 27 heavy (non-hydrogen) atoms. The van der Waals surface area contributed by atoms with E-state index in [1.54, 1.807) is 48.5 Å². The molecule has 1 aromatic heterocycles. The minimum Gasteiger partial charge on any atom is -0.325 e. The van der Waals surface area contributed by atoms with Crippen LogP contribution >= 0.6 is 46.3 Å². The third-order valence-electron chi connectivity index (χ3n) is 3.15. The number of carbonyl (C=O) groups excluding carboxylic acids is 2. The Balaban J connectivity index is 1.52. The van der Waals surface area contributed by atoms with E-state index in [0.717, 1.165) is 0 Å². The molecule has 0 saturated heterocycles. The molecule has 0 atom stereocenters. The normalized spacial score (nSPS) is 10.4. The Kier molecular flexibility index (Phi) is 6.68. The van der Waals surface area contributed by atoms with E-state index in [1.807, 2.05) is 0 Å². The summed E-state index contributed by atoms with van der Waals surface area (Å²) >= 11 is 14.2. The van der Waals surface area contributed by atoms with Gasteiger partial charge >= 0.3 is 0 Å². The number of thioether (sulfide) groups is 1. The lowest BCUT2D eigenvalue weighted by Gasteiger charge is -2.04. The van der Waals surface area contributed by atoms with Crippen molar-refractivity contribution in [1.82, 2.24) is 10.2 Å². The maximum Gasteiger partial charge on any atom is 0.257 e. The second-order valence-electron chi connectivity index (χ2n) is 5.18. The number of rotatable bonds is 6. The molecule has 10 heteroatoms. The Hall–Kier alpha value is -2.13. The first-order chi connectivity index (χ1) is 13.0. The quantitative estimate of drug-likeness (QED) is 0.425. The van der Waals surface area contributed by atoms with Crippen molar-refractivity contribution >= 4 is 68.9 Å². The number of amides is 2. The highest BCUT2D eigenvalue weighted by atomic mass is 35.5. The van der Waals surface area contributed by atoms with Crippen LogP contribution in [0.4, 0.5) is 10.8 Å². The summed E-state index contributed by atoms with van der Waals surface area (Å²) in [7, 11) is 0. The number of nitrogens with one attached hydrogen (secondary N) is 2. The summed E-state index contributed by atoms with van der Waals surface area (Å²) in [6, 6.07) is 13.5. The zero-order valence-electron chi connectivity index (χ0n) is 13.6. The van der Waals surface area contributed by atoms with Gasteiger partial charge in [-0.05, 0) is 36.4 Å². The van der Waals surface area contributed by atoms with Crippen LogP contribution in [0.1, 0.15) is 10.4 Å². The summed E-state index contributed by atoms with van der Waals surface area (Å²) in [5.41, 5.74) is 1.05. The molecule has 0 radical (unpaired) electrons. The second-order valence-corrected chi connectivity index (χ2v) is 8.26. The molecule has 3 rings (SSSR count). The van der Waals surface area contributed by atoms with Gasteiger partial charge in [-0.2, -0.15) is 0 Å². The highest BCUT2D eigenvalue weighted by Gasteiger charge is 2.12. The van der Waals surface area contributed by atoms with Crippen LogP contribution in [0, 0.1) is 0 Å². The van der Waals surface area contributed by atoms with Gasteiger partial charge in [0.05, 0.1) is 5.75 Å². The maximum absolute atomic E-state index is 12.2. The minimum atomic E-state index is -0.330. The van der Waals surface area contributed by atoms with Crippen LogP contribution in [0.2, 0.25) is 10.0 Å². The topological polar surface area (TPSA) is 84.0 Å². The first kappa shape index (κ1) is 19.6. The Morgan fingerprint density at radius 2 is 1.74 bits per heavy atom. The second kappa shape index (κ2) is 9.18. The van der Waals surface area contributed by atoms with Gasteiger partial charge in [0, 0.05) is 21.3 Å². The molecule has 138 valence electrons. The van der Waals surface area contributed by atoms with Crippen molar-refractivity contribution in [2.24, 2.45) is 0 Å². The van der Waals surface area contributed by atoms with Gasteiger partial charge in [0.25, 0.3) is 5.91 Å². The van der Waals surface area contributed by atoms with Gasteiger partial charge in [0.1, 0.15) is 0 Å². The molecule has 2 amide bonds. The first-order valence-electron chi connectivity index (χ1n) is 7.58. The molecule has 0 aliphatic carbocycles. The fourth-order valence-corrected chi connectivity index (χ4v) is 3.94. The van der Waals surface area contributed by atoms with Gasteiger partial charge in [-0.3, -0.25) is 14.9 Å². The summed E-state index contributed by atoms with van der Waals surface area (Å²) in [5.74, 6) is -0.366. The number of hydrogen-bond donors (Lipinski definition) is 2. The van der Waals surface area contributed by atoms with Gasteiger partial charge in [0.15, 0.2) is 4.34 Å². The van der Waals surface area contributed by atoms with Crippen molar-refractivity contribution in [1.29, 1.82) is 0 Å². The summed E-state index contributed by atoms with van der Waals surface area (Å²) in [5, 5.41) is 14.6. The van der Waals surface area contributed by atoms with Gasteiger partial charge in [-0.25, -0.2) is 0 Å². The number of nitrogens with zero attached hydrogens (tertiary/aromatic N) is 2. The van der Waals surface area contributed by atoms with Crippen molar-refractivity contribution in [3.05, 3.63) is 64.1 Å². The average molecular weight is 439 g/mol. The molecule has 0 saturated carbocycles. The first-order valence-corrected chi connectivity index (χ1v) is 10.1. The van der Waals surface area contributed by atoms with Crippen molar-refractivity contribution in [2.45, 2.75) is 4.34 Å². The van der Waals surface area contributed by atoms with E-state index >= 15 is 0 Å². The predicted molar refractivity (Wildman–Crippen MR) is 110 cm³/mol. The lowest BCUT2D eigenvalue weighted by Crippen LogP contribution is -2.13. The van der Waals surface area contributed by atoms with Crippen molar-refractivity contribution in [3.8, 4) is 0 Å². The molecule has 0 bridgehead atoms. The molecule has 3 aromatic rings. The maximum atomic E-state index is 12.2. The molecular weight excluding hydrogens is 427 g/mol. The predicted octanol–water partition coefficient (Wildman–Crippen LogP) is 4.83. The van der Waals surface area contributed by atoms with Crippen LogP contribution in [-0.2, 0) is 4.79 Å². The standard InChI is InChI=1S/C17H12Cl2N4O2S2/c18-11-4-1-3-10(7-11)15(25)21-16-22-23-17(27-16)26-9-14(24)20-13-6-2-5-12(19)8-13/h1-8H,9H2,(H,20,24)(H,21,22,25). The third-order valence-corrected chi connectivity index (χ3v) is 5.59. The highest BCUT2D eigenvalue weighted by Crippen LogP contribution is 2.26. The van der Waals surface area contributed by atoms with Crippen LogP contribution in [0.3, 0.4) is 0 Å². The van der Waals surface area contributed by atoms with E-state index in [9.17, 15) is 9.59 Å². The molecule has 0 spiro atoms. The molecule has 0 fully saturated rings. The van der Waals surface area contributed by atoms with Crippen molar-refractivity contribution < 1.29 is 9.59 Å². The van der Waals surface area contributed by atoms with E-state index < -0.39 is 0 Å². The smallest absolute Gasteiger partial charge is 0.257 e. The molecule has 0 aliphatic rings. The van der Waals surface area contributed by atoms with Gasteiger partial charge < -0.3 is 5.32 Å². The minimum absolute atomic E-state index is 0.156. The van der Waals surface area contributed by atoms with E-state index in [1.165, 1.54) is 23.1 Å². The molecular formula is C17H12Cl2N4O2S2. The molecule has 1 heterocycles. The fraction of sp³-hybridized carbons (Fsp3) is 0.0588. The van der Waals surface area contributed by atoms with Crippen LogP contribution < -0.4 is 10.6 Å². The Labute approximate surface area is 173 Å². The monoisotopic (exact) mass is 438 g/mol. The van der Waals surface area contributed by atoms with E-state index in [4.69, 9.17) is 23.2 Å². The van der Waals surface area contributed by atoms with Crippen molar-refractivity contribution in [2.75, 3.05) is 16.4 Å². The number of anilines is 2. The largest absolute Gasteiger partial charge is 0.325 e. The van der Waals surface area contributed by atoms with E-state index in [2.05, 4.69) is 20.8 Å². The summed E-state index contributed by atoms with van der Waals surface area (Å²) in [4.78, 5) is 24.2. The molecule has 2 aromatic carbocycles. The number of hydrogen-bond acceptors (Lipinski definition) is 6. The van der Waals surface area contributed by atoms with Crippen LogP contribution in [0.15, 0.2) is 52.9 Å². The Morgan fingerprint density at radius 3 is 2.48 bits per heavy atom. The SMILES string of the molecule is O=C(CSc1nnc(NC(=O)c2cccc(Cl)c2)s1)Nc1cccc(Cl)c1. The number of halogens is 2. The van der Waals surface area contributed by atoms with E-state index in [-0.39, 0.29) is 17.6 Å². The van der Waals surface area contributed by atoms with E-state index in [0.29, 0.717) is 30.8 Å².